The molecule has 3 nitrogen and oxygen atoms in total. The van der Waals surface area contributed by atoms with Crippen molar-refractivity contribution in [3.63, 3.8) is 0 Å². The van der Waals surface area contributed by atoms with Crippen LogP contribution in [0.3, 0.4) is 0 Å². The molecule has 0 radical (unpaired) electrons. The van der Waals surface area contributed by atoms with E-state index in [1.807, 2.05) is 6.92 Å². The molecule has 0 aliphatic heterocycles. The lowest BCUT2D eigenvalue weighted by Crippen LogP contribution is -2.32. The number of alkyl halides is 1. The largest absolute Gasteiger partial charge is 0.491 e. The zero-order valence-corrected chi connectivity index (χ0v) is 12.9. The van der Waals surface area contributed by atoms with Crippen LogP contribution in [0.2, 0.25) is 5.02 Å². The van der Waals surface area contributed by atoms with Gasteiger partial charge in [0.05, 0.1) is 17.7 Å². The first kappa shape index (κ1) is 16.1. The Morgan fingerprint density at radius 1 is 1.42 bits per heavy atom. The number of amides is 1. The highest BCUT2D eigenvalue weighted by Crippen LogP contribution is 2.30. The number of nitrogens with one attached hydrogen (secondary N) is 1. The molecule has 0 fully saturated rings. The molecule has 5 heteroatoms. The summed E-state index contributed by atoms with van der Waals surface area (Å²) < 4.78 is 5.58. The van der Waals surface area contributed by atoms with E-state index in [1.165, 1.54) is 0 Å². The Morgan fingerprint density at radius 2 is 2.11 bits per heavy atom. The van der Waals surface area contributed by atoms with Crippen LogP contribution >= 0.6 is 23.2 Å². The van der Waals surface area contributed by atoms with Crippen LogP contribution in [0.1, 0.15) is 27.2 Å². The molecule has 0 saturated carbocycles. The van der Waals surface area contributed by atoms with Gasteiger partial charge in [-0.3, -0.25) is 4.79 Å². The second-order valence-electron chi connectivity index (χ2n) is 4.96. The Morgan fingerprint density at radius 3 is 2.68 bits per heavy atom. The minimum Gasteiger partial charge on any atom is -0.491 e. The summed E-state index contributed by atoms with van der Waals surface area (Å²) in [6.45, 7) is 6.17. The van der Waals surface area contributed by atoms with Crippen LogP contribution in [0.5, 0.6) is 5.75 Å². The normalized spacial score (nSPS) is 11.2. The molecule has 0 spiro atoms. The number of rotatable bonds is 6. The number of hydrogen-bond acceptors (Lipinski definition) is 2. The SMILES string of the molecule is CCCOc1ccc(Cl)cc1NC(=O)C(C)(C)CCl. The molecule has 106 valence electrons. The molecule has 1 aromatic carbocycles. The average molecular weight is 304 g/mol. The van der Waals surface area contributed by atoms with E-state index in [0.29, 0.717) is 23.1 Å². The van der Waals surface area contributed by atoms with Crippen LogP contribution in [0, 0.1) is 5.41 Å². The average Bonchev–Trinajstić information content (AvgIpc) is 2.37. The van der Waals surface area contributed by atoms with Crippen molar-refractivity contribution in [3.05, 3.63) is 23.2 Å². The highest BCUT2D eigenvalue weighted by molar-refractivity contribution is 6.31. The third kappa shape index (κ3) is 4.59. The minimum atomic E-state index is -0.647. The molecule has 0 bridgehead atoms. The summed E-state index contributed by atoms with van der Waals surface area (Å²) in [7, 11) is 0. The maximum Gasteiger partial charge on any atom is 0.231 e. The number of carbonyl (C=O) groups excluding carboxylic acids is 1. The fraction of sp³-hybridized carbons (Fsp3) is 0.500. The van der Waals surface area contributed by atoms with E-state index in [2.05, 4.69) is 5.32 Å². The minimum absolute atomic E-state index is 0.161. The maximum absolute atomic E-state index is 12.1. The predicted octanol–water partition coefficient (Wildman–Crippen LogP) is 4.33. The summed E-state index contributed by atoms with van der Waals surface area (Å²) in [5.74, 6) is 0.695. The lowest BCUT2D eigenvalue weighted by Gasteiger charge is -2.21. The van der Waals surface area contributed by atoms with Crippen molar-refractivity contribution in [2.45, 2.75) is 27.2 Å². The fourth-order valence-electron chi connectivity index (χ4n) is 1.29. The topological polar surface area (TPSA) is 38.3 Å². The zero-order chi connectivity index (χ0) is 14.5. The number of ether oxygens (including phenoxy) is 1. The summed E-state index contributed by atoms with van der Waals surface area (Å²) in [4.78, 5) is 12.1. The number of carbonyl (C=O) groups is 1. The summed E-state index contributed by atoms with van der Waals surface area (Å²) in [5.41, 5.74) is -0.0736. The Labute approximate surface area is 124 Å². The predicted molar refractivity (Wildman–Crippen MR) is 80.4 cm³/mol. The van der Waals surface area contributed by atoms with Gasteiger partial charge in [-0.15, -0.1) is 11.6 Å². The van der Waals surface area contributed by atoms with Crippen molar-refractivity contribution >= 4 is 34.8 Å². The van der Waals surface area contributed by atoms with Crippen molar-refractivity contribution in [2.75, 3.05) is 17.8 Å². The molecule has 0 aromatic heterocycles. The Kier molecular flexibility index (Phi) is 5.95. The van der Waals surface area contributed by atoms with Gasteiger partial charge in [0.1, 0.15) is 5.75 Å². The summed E-state index contributed by atoms with van der Waals surface area (Å²) in [6.07, 6.45) is 0.892. The molecular weight excluding hydrogens is 285 g/mol. The zero-order valence-electron chi connectivity index (χ0n) is 11.4. The lowest BCUT2D eigenvalue weighted by molar-refractivity contribution is -0.122. The molecule has 1 amide bonds. The fourth-order valence-corrected chi connectivity index (χ4v) is 1.58. The molecule has 0 heterocycles. The van der Waals surface area contributed by atoms with Crippen molar-refractivity contribution in [1.29, 1.82) is 0 Å². The Balaban J connectivity index is 2.92. The molecule has 0 saturated heterocycles. The maximum atomic E-state index is 12.1. The van der Waals surface area contributed by atoms with Crippen molar-refractivity contribution in [1.82, 2.24) is 0 Å². The summed E-state index contributed by atoms with van der Waals surface area (Å²) in [5, 5.41) is 3.36. The third-order valence-electron chi connectivity index (χ3n) is 2.60. The first-order valence-electron chi connectivity index (χ1n) is 6.20. The van der Waals surface area contributed by atoms with Crippen LogP contribution in [-0.2, 0) is 4.79 Å². The van der Waals surface area contributed by atoms with Gasteiger partial charge in [-0.2, -0.15) is 0 Å². The first-order chi connectivity index (χ1) is 8.90. The summed E-state index contributed by atoms with van der Waals surface area (Å²) >= 11 is 11.7. The number of hydrogen-bond donors (Lipinski definition) is 1. The van der Waals surface area contributed by atoms with Crippen LogP contribution in [0.4, 0.5) is 5.69 Å². The van der Waals surface area contributed by atoms with E-state index in [4.69, 9.17) is 27.9 Å². The van der Waals surface area contributed by atoms with Crippen LogP contribution in [0.15, 0.2) is 18.2 Å². The molecule has 1 rings (SSSR count). The molecular formula is C14H19Cl2NO2. The Bertz CT molecular complexity index is 447. The van der Waals surface area contributed by atoms with Gasteiger partial charge in [0.2, 0.25) is 5.91 Å². The molecule has 0 aliphatic carbocycles. The van der Waals surface area contributed by atoms with E-state index in [0.717, 1.165) is 6.42 Å². The van der Waals surface area contributed by atoms with E-state index in [-0.39, 0.29) is 11.8 Å². The van der Waals surface area contributed by atoms with Gasteiger partial charge in [-0.25, -0.2) is 0 Å². The molecule has 0 unspecified atom stereocenters. The Hall–Kier alpha value is -0.930. The van der Waals surface area contributed by atoms with Crippen molar-refractivity contribution < 1.29 is 9.53 Å². The van der Waals surface area contributed by atoms with Gasteiger partial charge in [-0.05, 0) is 38.5 Å². The second-order valence-corrected chi connectivity index (χ2v) is 5.66. The highest BCUT2D eigenvalue weighted by atomic mass is 35.5. The van der Waals surface area contributed by atoms with E-state index in [9.17, 15) is 4.79 Å². The monoisotopic (exact) mass is 303 g/mol. The van der Waals surface area contributed by atoms with E-state index in [1.54, 1.807) is 32.0 Å². The molecule has 1 aromatic rings. The van der Waals surface area contributed by atoms with Crippen LogP contribution < -0.4 is 10.1 Å². The smallest absolute Gasteiger partial charge is 0.231 e. The standard InChI is InChI=1S/C14H19Cl2NO2/c1-4-7-19-12-6-5-10(16)8-11(12)17-13(18)14(2,3)9-15/h5-6,8H,4,7,9H2,1-3H3,(H,17,18). The number of anilines is 1. The quantitative estimate of drug-likeness (QED) is 0.794. The molecule has 0 atom stereocenters. The summed E-state index contributed by atoms with van der Waals surface area (Å²) in [6, 6.07) is 5.16. The van der Waals surface area contributed by atoms with Gasteiger partial charge < -0.3 is 10.1 Å². The van der Waals surface area contributed by atoms with Gasteiger partial charge in [0.15, 0.2) is 0 Å². The molecule has 0 aliphatic rings. The third-order valence-corrected chi connectivity index (χ3v) is 3.50. The van der Waals surface area contributed by atoms with Gasteiger partial charge in [0, 0.05) is 10.9 Å². The number of benzene rings is 1. The van der Waals surface area contributed by atoms with E-state index >= 15 is 0 Å². The van der Waals surface area contributed by atoms with Gasteiger partial charge >= 0.3 is 0 Å². The highest BCUT2D eigenvalue weighted by Gasteiger charge is 2.27. The lowest BCUT2D eigenvalue weighted by atomic mass is 9.95. The van der Waals surface area contributed by atoms with Crippen molar-refractivity contribution in [3.8, 4) is 5.75 Å². The van der Waals surface area contributed by atoms with Crippen LogP contribution in [-0.4, -0.2) is 18.4 Å². The second kappa shape index (κ2) is 7.01. The van der Waals surface area contributed by atoms with Crippen molar-refractivity contribution in [2.24, 2.45) is 5.41 Å². The molecule has 19 heavy (non-hydrogen) atoms. The van der Waals surface area contributed by atoms with Crippen LogP contribution in [0.25, 0.3) is 0 Å². The number of halogens is 2. The first-order valence-corrected chi connectivity index (χ1v) is 7.11. The van der Waals surface area contributed by atoms with Gasteiger partial charge in [0.25, 0.3) is 0 Å². The molecule has 1 N–H and O–H groups in total. The van der Waals surface area contributed by atoms with Gasteiger partial charge in [-0.1, -0.05) is 18.5 Å². The van der Waals surface area contributed by atoms with E-state index < -0.39 is 5.41 Å².